The predicted octanol–water partition coefficient (Wildman–Crippen LogP) is 2.33. The SMILES string of the molecule is CCC1(CC)NC(=O)C(C)(C)N(CCC(C)C)C1=O. The van der Waals surface area contributed by atoms with Crippen molar-refractivity contribution >= 4 is 11.8 Å². The van der Waals surface area contributed by atoms with Crippen LogP contribution >= 0.6 is 0 Å². The predicted molar refractivity (Wildman–Crippen MR) is 76.7 cm³/mol. The van der Waals surface area contributed by atoms with Crippen molar-refractivity contribution in [3.05, 3.63) is 0 Å². The summed E-state index contributed by atoms with van der Waals surface area (Å²) in [5.74, 6) is 0.550. The molecular weight excluding hydrogens is 240 g/mol. The largest absolute Gasteiger partial charge is 0.340 e. The fourth-order valence-corrected chi connectivity index (χ4v) is 2.56. The summed E-state index contributed by atoms with van der Waals surface area (Å²) in [6.45, 7) is 12.5. The van der Waals surface area contributed by atoms with Crippen molar-refractivity contribution in [1.29, 1.82) is 0 Å². The summed E-state index contributed by atoms with van der Waals surface area (Å²) in [5.41, 5.74) is -1.45. The van der Waals surface area contributed by atoms with Gasteiger partial charge >= 0.3 is 0 Å². The highest BCUT2D eigenvalue weighted by atomic mass is 16.2. The molecule has 4 heteroatoms. The van der Waals surface area contributed by atoms with E-state index in [4.69, 9.17) is 0 Å². The van der Waals surface area contributed by atoms with Crippen LogP contribution in [0.2, 0.25) is 0 Å². The Bertz CT molecular complexity index is 357. The number of hydrogen-bond donors (Lipinski definition) is 1. The quantitative estimate of drug-likeness (QED) is 0.832. The third-order valence-corrected chi connectivity index (χ3v) is 4.37. The van der Waals surface area contributed by atoms with E-state index in [2.05, 4.69) is 19.2 Å². The maximum Gasteiger partial charge on any atom is 0.249 e. The van der Waals surface area contributed by atoms with Crippen molar-refractivity contribution in [1.82, 2.24) is 10.2 Å². The van der Waals surface area contributed by atoms with Gasteiger partial charge in [0.25, 0.3) is 0 Å². The lowest BCUT2D eigenvalue weighted by atomic mass is 9.83. The minimum absolute atomic E-state index is 0.0421. The molecule has 0 unspecified atom stereocenters. The molecule has 4 nitrogen and oxygen atoms in total. The highest BCUT2D eigenvalue weighted by Crippen LogP contribution is 2.30. The molecule has 1 aliphatic rings. The van der Waals surface area contributed by atoms with E-state index in [-0.39, 0.29) is 11.8 Å². The van der Waals surface area contributed by atoms with Gasteiger partial charge in [0.1, 0.15) is 11.1 Å². The van der Waals surface area contributed by atoms with Gasteiger partial charge in [-0.15, -0.1) is 0 Å². The summed E-state index contributed by atoms with van der Waals surface area (Å²) < 4.78 is 0. The van der Waals surface area contributed by atoms with Gasteiger partial charge in [-0.25, -0.2) is 0 Å². The zero-order valence-electron chi connectivity index (χ0n) is 13.2. The van der Waals surface area contributed by atoms with Gasteiger partial charge in [-0.05, 0) is 39.0 Å². The average molecular weight is 268 g/mol. The molecule has 0 saturated carbocycles. The summed E-state index contributed by atoms with van der Waals surface area (Å²) in [6.07, 6.45) is 2.20. The van der Waals surface area contributed by atoms with Gasteiger partial charge in [-0.3, -0.25) is 9.59 Å². The van der Waals surface area contributed by atoms with Gasteiger partial charge in [0.2, 0.25) is 11.8 Å². The number of amides is 2. The van der Waals surface area contributed by atoms with E-state index in [9.17, 15) is 9.59 Å². The summed E-state index contributed by atoms with van der Waals surface area (Å²) >= 11 is 0. The van der Waals surface area contributed by atoms with Crippen molar-refractivity contribution in [2.24, 2.45) is 5.92 Å². The van der Waals surface area contributed by atoms with E-state index >= 15 is 0 Å². The van der Waals surface area contributed by atoms with E-state index in [0.717, 1.165) is 6.42 Å². The summed E-state index contributed by atoms with van der Waals surface area (Å²) in [4.78, 5) is 26.9. The zero-order valence-corrected chi connectivity index (χ0v) is 13.2. The molecule has 0 aliphatic carbocycles. The molecule has 110 valence electrons. The highest BCUT2D eigenvalue weighted by Gasteiger charge is 2.52. The van der Waals surface area contributed by atoms with Crippen LogP contribution < -0.4 is 5.32 Å². The van der Waals surface area contributed by atoms with Crippen LogP contribution in [0.3, 0.4) is 0 Å². The molecule has 1 saturated heterocycles. The number of piperazine rings is 1. The number of carbonyl (C=O) groups excluding carboxylic acids is 2. The molecule has 1 heterocycles. The Morgan fingerprint density at radius 2 is 1.68 bits per heavy atom. The normalized spacial score (nSPS) is 21.7. The van der Waals surface area contributed by atoms with Crippen LogP contribution in [0.1, 0.15) is 60.8 Å². The van der Waals surface area contributed by atoms with Gasteiger partial charge in [0.05, 0.1) is 0 Å². The monoisotopic (exact) mass is 268 g/mol. The molecule has 0 spiro atoms. The van der Waals surface area contributed by atoms with Crippen molar-refractivity contribution in [3.63, 3.8) is 0 Å². The van der Waals surface area contributed by atoms with Gasteiger partial charge in [0, 0.05) is 6.54 Å². The van der Waals surface area contributed by atoms with Gasteiger partial charge in [-0.2, -0.15) is 0 Å². The van der Waals surface area contributed by atoms with Gasteiger partial charge in [-0.1, -0.05) is 27.7 Å². The van der Waals surface area contributed by atoms with Crippen molar-refractivity contribution < 1.29 is 9.59 Å². The van der Waals surface area contributed by atoms with Crippen LogP contribution in [0, 0.1) is 5.92 Å². The lowest BCUT2D eigenvalue weighted by molar-refractivity contribution is -0.161. The molecule has 0 bridgehead atoms. The molecule has 0 aromatic rings. The fraction of sp³-hybridized carbons (Fsp3) is 0.867. The van der Waals surface area contributed by atoms with Crippen molar-refractivity contribution in [3.8, 4) is 0 Å². The van der Waals surface area contributed by atoms with Crippen LogP contribution in [0.25, 0.3) is 0 Å². The number of hydrogen-bond acceptors (Lipinski definition) is 2. The molecular formula is C15H28N2O2. The lowest BCUT2D eigenvalue weighted by Crippen LogP contribution is -2.73. The Morgan fingerprint density at radius 3 is 2.11 bits per heavy atom. The molecule has 2 amide bonds. The van der Waals surface area contributed by atoms with E-state index < -0.39 is 11.1 Å². The second-order valence-electron chi connectivity index (χ2n) is 6.44. The summed E-state index contributed by atoms with van der Waals surface area (Å²) in [5, 5.41) is 2.96. The Kier molecular flexibility index (Phi) is 4.64. The van der Waals surface area contributed by atoms with E-state index in [0.29, 0.717) is 25.3 Å². The molecule has 0 aromatic heterocycles. The molecule has 0 radical (unpaired) electrons. The maximum atomic E-state index is 12.8. The number of nitrogens with one attached hydrogen (secondary N) is 1. The minimum Gasteiger partial charge on any atom is -0.340 e. The average Bonchev–Trinajstić information content (AvgIpc) is 2.33. The Morgan fingerprint density at radius 1 is 1.16 bits per heavy atom. The molecule has 1 N–H and O–H groups in total. The molecule has 1 fully saturated rings. The van der Waals surface area contributed by atoms with Crippen LogP contribution in [-0.4, -0.2) is 34.3 Å². The Labute approximate surface area is 116 Å². The Hall–Kier alpha value is -1.06. The number of carbonyl (C=O) groups is 2. The van der Waals surface area contributed by atoms with Crippen LogP contribution in [-0.2, 0) is 9.59 Å². The first-order valence-corrected chi connectivity index (χ1v) is 7.36. The van der Waals surface area contributed by atoms with Gasteiger partial charge < -0.3 is 10.2 Å². The summed E-state index contributed by atoms with van der Waals surface area (Å²) in [6, 6.07) is 0. The van der Waals surface area contributed by atoms with Crippen LogP contribution in [0.4, 0.5) is 0 Å². The first-order chi connectivity index (χ1) is 8.71. The second-order valence-corrected chi connectivity index (χ2v) is 6.44. The highest BCUT2D eigenvalue weighted by molar-refractivity contribution is 6.01. The number of nitrogens with zero attached hydrogens (tertiary/aromatic N) is 1. The minimum atomic E-state index is -0.750. The Balaban J connectivity index is 3.07. The molecule has 19 heavy (non-hydrogen) atoms. The molecule has 1 rings (SSSR count). The third kappa shape index (κ3) is 2.77. The van der Waals surface area contributed by atoms with E-state index in [1.807, 2.05) is 27.7 Å². The standard InChI is InChI=1S/C15H28N2O2/c1-7-15(8-2)13(19)17(10-9-11(3)4)14(5,6)12(18)16-15/h11H,7-10H2,1-6H3,(H,16,18). The number of rotatable bonds is 5. The molecule has 0 aromatic carbocycles. The van der Waals surface area contributed by atoms with Gasteiger partial charge in [0.15, 0.2) is 0 Å². The van der Waals surface area contributed by atoms with Crippen LogP contribution in [0.5, 0.6) is 0 Å². The zero-order chi connectivity index (χ0) is 14.8. The first-order valence-electron chi connectivity index (χ1n) is 7.36. The van der Waals surface area contributed by atoms with Crippen molar-refractivity contribution in [2.45, 2.75) is 71.9 Å². The van der Waals surface area contributed by atoms with Crippen LogP contribution in [0.15, 0.2) is 0 Å². The second kappa shape index (κ2) is 5.51. The lowest BCUT2D eigenvalue weighted by Gasteiger charge is -2.49. The molecule has 1 aliphatic heterocycles. The van der Waals surface area contributed by atoms with E-state index in [1.165, 1.54) is 0 Å². The first kappa shape index (κ1) is 16.0. The topological polar surface area (TPSA) is 49.4 Å². The molecule has 0 atom stereocenters. The maximum absolute atomic E-state index is 12.8. The summed E-state index contributed by atoms with van der Waals surface area (Å²) in [7, 11) is 0. The van der Waals surface area contributed by atoms with Crippen molar-refractivity contribution in [2.75, 3.05) is 6.54 Å². The third-order valence-electron chi connectivity index (χ3n) is 4.37. The smallest absolute Gasteiger partial charge is 0.249 e. The van der Waals surface area contributed by atoms with E-state index in [1.54, 1.807) is 4.90 Å². The fourth-order valence-electron chi connectivity index (χ4n) is 2.56.